The Morgan fingerprint density at radius 2 is 2.00 bits per heavy atom. The monoisotopic (exact) mass is 306 g/mol. The van der Waals surface area contributed by atoms with E-state index in [4.69, 9.17) is 16.3 Å². The fraction of sp³-hybridized carbons (Fsp3) is 0.400. The fourth-order valence-electron chi connectivity index (χ4n) is 2.08. The summed E-state index contributed by atoms with van der Waals surface area (Å²) < 4.78 is 5.68. The van der Waals surface area contributed by atoms with Crippen LogP contribution in [-0.2, 0) is 0 Å². The summed E-state index contributed by atoms with van der Waals surface area (Å²) in [6.07, 6.45) is 0. The SMILES string of the molecule is CCNc1nc(Cl)nc(Oc2ccc(C(C)C)c(C)c2)n1. The van der Waals surface area contributed by atoms with Gasteiger partial charge in [-0.15, -0.1) is 0 Å². The van der Waals surface area contributed by atoms with Gasteiger partial charge in [-0.1, -0.05) is 19.9 Å². The molecule has 0 bridgehead atoms. The summed E-state index contributed by atoms with van der Waals surface area (Å²) in [4.78, 5) is 12.1. The molecule has 0 saturated carbocycles. The van der Waals surface area contributed by atoms with Crippen molar-refractivity contribution < 1.29 is 4.74 Å². The quantitative estimate of drug-likeness (QED) is 0.898. The number of ether oxygens (including phenoxy) is 1. The van der Waals surface area contributed by atoms with E-state index in [0.29, 0.717) is 24.2 Å². The van der Waals surface area contributed by atoms with Crippen LogP contribution >= 0.6 is 11.6 Å². The first-order valence-electron chi connectivity index (χ1n) is 6.93. The van der Waals surface area contributed by atoms with Crippen LogP contribution in [-0.4, -0.2) is 21.5 Å². The molecule has 5 nitrogen and oxygen atoms in total. The highest BCUT2D eigenvalue weighted by molar-refractivity contribution is 6.28. The van der Waals surface area contributed by atoms with Crippen LogP contribution in [0.3, 0.4) is 0 Å². The largest absolute Gasteiger partial charge is 0.424 e. The van der Waals surface area contributed by atoms with E-state index in [9.17, 15) is 0 Å². The fourth-order valence-corrected chi connectivity index (χ4v) is 2.23. The topological polar surface area (TPSA) is 59.9 Å². The Morgan fingerprint density at radius 1 is 1.24 bits per heavy atom. The van der Waals surface area contributed by atoms with E-state index < -0.39 is 0 Å². The van der Waals surface area contributed by atoms with E-state index in [-0.39, 0.29) is 11.3 Å². The van der Waals surface area contributed by atoms with Crippen molar-refractivity contribution >= 4 is 17.5 Å². The minimum absolute atomic E-state index is 0.103. The summed E-state index contributed by atoms with van der Waals surface area (Å²) in [5.74, 6) is 1.57. The third kappa shape index (κ3) is 4.04. The third-order valence-corrected chi connectivity index (χ3v) is 3.16. The highest BCUT2D eigenvalue weighted by Crippen LogP contribution is 2.26. The predicted molar refractivity (Wildman–Crippen MR) is 84.3 cm³/mol. The van der Waals surface area contributed by atoms with Crippen molar-refractivity contribution in [3.05, 3.63) is 34.6 Å². The first-order valence-corrected chi connectivity index (χ1v) is 7.31. The first kappa shape index (κ1) is 15.5. The van der Waals surface area contributed by atoms with Gasteiger partial charge < -0.3 is 10.1 Å². The molecule has 21 heavy (non-hydrogen) atoms. The Kier molecular flexibility index (Phi) is 4.96. The molecule has 0 saturated heterocycles. The van der Waals surface area contributed by atoms with Crippen LogP contribution in [0.4, 0.5) is 5.95 Å². The molecule has 0 aliphatic heterocycles. The standard InChI is InChI=1S/C15H19ClN4O/c1-5-17-14-18-13(16)19-15(20-14)21-11-6-7-12(9(2)3)10(4)8-11/h6-9H,5H2,1-4H3,(H,17,18,19,20). The molecule has 1 aromatic heterocycles. The van der Waals surface area contributed by atoms with Crippen LogP contribution in [0.1, 0.15) is 37.8 Å². The zero-order chi connectivity index (χ0) is 15.4. The van der Waals surface area contributed by atoms with Gasteiger partial charge in [-0.05, 0) is 54.6 Å². The molecule has 1 heterocycles. The average Bonchev–Trinajstić information content (AvgIpc) is 2.37. The lowest BCUT2D eigenvalue weighted by Gasteiger charge is -2.12. The molecule has 0 aliphatic rings. The van der Waals surface area contributed by atoms with Gasteiger partial charge in [0.25, 0.3) is 0 Å². The zero-order valence-electron chi connectivity index (χ0n) is 12.6. The van der Waals surface area contributed by atoms with Crippen molar-refractivity contribution in [2.45, 2.75) is 33.6 Å². The molecular weight excluding hydrogens is 288 g/mol. The minimum Gasteiger partial charge on any atom is -0.424 e. The molecule has 1 aromatic carbocycles. The summed E-state index contributed by atoms with van der Waals surface area (Å²) in [5, 5.41) is 3.09. The maximum absolute atomic E-state index is 5.87. The molecule has 2 rings (SSSR count). The number of anilines is 1. The number of aromatic nitrogens is 3. The first-order chi connectivity index (χ1) is 9.99. The lowest BCUT2D eigenvalue weighted by molar-refractivity contribution is 0.440. The van der Waals surface area contributed by atoms with Crippen LogP contribution < -0.4 is 10.1 Å². The van der Waals surface area contributed by atoms with Crippen LogP contribution in [0, 0.1) is 6.92 Å². The lowest BCUT2D eigenvalue weighted by Crippen LogP contribution is -2.05. The van der Waals surface area contributed by atoms with Gasteiger partial charge in [0.1, 0.15) is 5.75 Å². The van der Waals surface area contributed by atoms with E-state index in [1.54, 1.807) is 0 Å². The Bertz CT molecular complexity index is 631. The van der Waals surface area contributed by atoms with Crippen LogP contribution in [0.15, 0.2) is 18.2 Å². The smallest absolute Gasteiger partial charge is 0.328 e. The Balaban J connectivity index is 2.23. The molecule has 1 N–H and O–H groups in total. The highest BCUT2D eigenvalue weighted by Gasteiger charge is 2.09. The van der Waals surface area contributed by atoms with Crippen LogP contribution in [0.2, 0.25) is 5.28 Å². The Labute approximate surface area is 129 Å². The van der Waals surface area contributed by atoms with Crippen molar-refractivity contribution in [3.63, 3.8) is 0 Å². The Morgan fingerprint density at radius 3 is 2.62 bits per heavy atom. The molecule has 0 atom stereocenters. The molecule has 2 aromatic rings. The van der Waals surface area contributed by atoms with Crippen molar-refractivity contribution in [2.75, 3.05) is 11.9 Å². The Hall–Kier alpha value is -1.88. The second-order valence-corrected chi connectivity index (χ2v) is 5.35. The summed E-state index contributed by atoms with van der Waals surface area (Å²) in [6, 6.07) is 6.12. The van der Waals surface area contributed by atoms with E-state index in [1.165, 1.54) is 11.1 Å². The second-order valence-electron chi connectivity index (χ2n) is 5.02. The zero-order valence-corrected chi connectivity index (χ0v) is 13.4. The number of hydrogen-bond donors (Lipinski definition) is 1. The van der Waals surface area contributed by atoms with Crippen molar-refractivity contribution in [1.82, 2.24) is 15.0 Å². The molecule has 6 heteroatoms. The van der Waals surface area contributed by atoms with Gasteiger partial charge in [-0.25, -0.2) is 0 Å². The molecule has 0 amide bonds. The average molecular weight is 307 g/mol. The van der Waals surface area contributed by atoms with Gasteiger partial charge in [-0.2, -0.15) is 15.0 Å². The third-order valence-electron chi connectivity index (χ3n) is 2.99. The molecule has 0 aliphatic carbocycles. The van der Waals surface area contributed by atoms with Crippen molar-refractivity contribution in [2.24, 2.45) is 0 Å². The van der Waals surface area contributed by atoms with Gasteiger partial charge in [0.2, 0.25) is 11.2 Å². The highest BCUT2D eigenvalue weighted by atomic mass is 35.5. The number of hydrogen-bond acceptors (Lipinski definition) is 5. The van der Waals surface area contributed by atoms with Gasteiger partial charge >= 0.3 is 6.01 Å². The van der Waals surface area contributed by atoms with E-state index in [1.807, 2.05) is 19.1 Å². The number of nitrogens with one attached hydrogen (secondary N) is 1. The van der Waals surface area contributed by atoms with Gasteiger partial charge in [0.15, 0.2) is 0 Å². The molecule has 0 spiro atoms. The van der Waals surface area contributed by atoms with Gasteiger partial charge in [0, 0.05) is 6.54 Å². The number of benzene rings is 1. The maximum Gasteiger partial charge on any atom is 0.328 e. The number of halogens is 1. The lowest BCUT2D eigenvalue weighted by atomic mass is 9.98. The summed E-state index contributed by atoms with van der Waals surface area (Å²) in [6.45, 7) is 9.04. The van der Waals surface area contributed by atoms with Gasteiger partial charge in [-0.3, -0.25) is 0 Å². The maximum atomic E-state index is 5.87. The molecule has 0 unspecified atom stereocenters. The van der Waals surface area contributed by atoms with E-state index >= 15 is 0 Å². The van der Waals surface area contributed by atoms with Crippen molar-refractivity contribution in [1.29, 1.82) is 0 Å². The molecule has 0 fully saturated rings. The number of rotatable bonds is 5. The second kappa shape index (κ2) is 6.72. The van der Waals surface area contributed by atoms with Crippen molar-refractivity contribution in [3.8, 4) is 11.8 Å². The minimum atomic E-state index is 0.103. The predicted octanol–water partition coefficient (Wildman–Crippen LogP) is 4.18. The summed E-state index contributed by atoms with van der Waals surface area (Å²) in [5.41, 5.74) is 2.47. The normalized spacial score (nSPS) is 10.8. The summed E-state index contributed by atoms with van der Waals surface area (Å²) in [7, 11) is 0. The molecule has 0 radical (unpaired) electrons. The number of nitrogens with zero attached hydrogens (tertiary/aromatic N) is 3. The molecule has 112 valence electrons. The van der Waals surface area contributed by atoms with Crippen LogP contribution in [0.25, 0.3) is 0 Å². The van der Waals surface area contributed by atoms with E-state index in [0.717, 1.165) is 0 Å². The van der Waals surface area contributed by atoms with E-state index in [2.05, 4.69) is 47.1 Å². The summed E-state index contributed by atoms with van der Waals surface area (Å²) >= 11 is 5.87. The molecular formula is C15H19ClN4O. The van der Waals surface area contributed by atoms with Gasteiger partial charge in [0.05, 0.1) is 0 Å². The van der Waals surface area contributed by atoms with Crippen LogP contribution in [0.5, 0.6) is 11.8 Å². The number of aryl methyl sites for hydroxylation is 1.